The summed E-state index contributed by atoms with van der Waals surface area (Å²) in [5.41, 5.74) is 1.52. The number of nitrogens with one attached hydrogen (secondary N) is 1. The summed E-state index contributed by atoms with van der Waals surface area (Å²) in [5.74, 6) is -0.311. The molecule has 1 unspecified atom stereocenters. The Hall–Kier alpha value is -3.00. The van der Waals surface area contributed by atoms with Crippen LogP contribution in [0.15, 0.2) is 41.3 Å². The van der Waals surface area contributed by atoms with Gasteiger partial charge in [-0.05, 0) is 12.5 Å². The fraction of sp³-hybridized carbons (Fsp3) is 0.294. The number of morpholine rings is 1. The van der Waals surface area contributed by atoms with Crippen molar-refractivity contribution in [2.24, 2.45) is 0 Å². The molecule has 25 heavy (non-hydrogen) atoms. The van der Waals surface area contributed by atoms with Gasteiger partial charge in [0.1, 0.15) is 6.10 Å². The minimum absolute atomic E-state index is 0.0648. The molecule has 0 bridgehead atoms. The van der Waals surface area contributed by atoms with Gasteiger partial charge in [0, 0.05) is 12.2 Å². The first-order valence-electron chi connectivity index (χ1n) is 8.04. The van der Waals surface area contributed by atoms with Gasteiger partial charge in [-0.25, -0.2) is 4.52 Å². The van der Waals surface area contributed by atoms with Crippen LogP contribution in [-0.4, -0.2) is 50.3 Å². The van der Waals surface area contributed by atoms with Gasteiger partial charge in [0.25, 0.3) is 11.5 Å². The third kappa shape index (κ3) is 2.80. The average molecular weight is 339 g/mol. The molecule has 4 rings (SSSR count). The van der Waals surface area contributed by atoms with E-state index in [-0.39, 0.29) is 28.8 Å². The quantitative estimate of drug-likeness (QED) is 0.750. The molecule has 1 aliphatic heterocycles. The number of aromatic amines is 1. The van der Waals surface area contributed by atoms with Gasteiger partial charge in [0.2, 0.25) is 0 Å². The van der Waals surface area contributed by atoms with Crippen LogP contribution >= 0.6 is 0 Å². The van der Waals surface area contributed by atoms with E-state index in [2.05, 4.69) is 15.3 Å². The van der Waals surface area contributed by atoms with E-state index in [1.807, 2.05) is 30.3 Å². The molecule has 1 atom stereocenters. The Morgan fingerprint density at radius 1 is 1.32 bits per heavy atom. The fourth-order valence-electron chi connectivity index (χ4n) is 3.05. The van der Waals surface area contributed by atoms with Crippen molar-refractivity contribution in [3.8, 4) is 0 Å². The maximum atomic E-state index is 12.9. The van der Waals surface area contributed by atoms with Crippen molar-refractivity contribution in [3.05, 3.63) is 63.8 Å². The van der Waals surface area contributed by atoms with E-state index in [4.69, 9.17) is 4.74 Å². The first kappa shape index (κ1) is 15.5. The summed E-state index contributed by atoms with van der Waals surface area (Å²) in [7, 11) is 0. The van der Waals surface area contributed by atoms with Crippen molar-refractivity contribution < 1.29 is 9.53 Å². The van der Waals surface area contributed by atoms with E-state index in [9.17, 15) is 9.59 Å². The van der Waals surface area contributed by atoms with E-state index < -0.39 is 0 Å². The third-order valence-corrected chi connectivity index (χ3v) is 4.26. The highest BCUT2D eigenvalue weighted by atomic mass is 16.5. The summed E-state index contributed by atoms with van der Waals surface area (Å²) in [4.78, 5) is 29.4. The third-order valence-electron chi connectivity index (χ3n) is 4.26. The maximum Gasteiger partial charge on any atom is 0.277 e. The molecule has 3 heterocycles. The Bertz CT molecular complexity index is 979. The zero-order chi connectivity index (χ0) is 17.4. The number of aryl methyl sites for hydroxylation is 1. The maximum absolute atomic E-state index is 12.9. The van der Waals surface area contributed by atoms with Crippen LogP contribution in [0.4, 0.5) is 0 Å². The molecular formula is C17H17N5O3. The molecule has 1 saturated heterocycles. The molecule has 1 N–H and O–H groups in total. The van der Waals surface area contributed by atoms with Gasteiger partial charge in [-0.3, -0.25) is 9.59 Å². The van der Waals surface area contributed by atoms with Gasteiger partial charge in [0.15, 0.2) is 11.2 Å². The molecule has 0 saturated carbocycles. The van der Waals surface area contributed by atoms with E-state index in [0.717, 1.165) is 5.56 Å². The molecule has 1 amide bonds. The number of ether oxygens (including phenoxy) is 1. The van der Waals surface area contributed by atoms with Crippen LogP contribution in [0.2, 0.25) is 0 Å². The number of nitrogens with zero attached hydrogens (tertiary/aromatic N) is 4. The van der Waals surface area contributed by atoms with E-state index in [1.54, 1.807) is 18.0 Å². The molecule has 1 fully saturated rings. The molecule has 1 aliphatic rings. The molecule has 2 aromatic heterocycles. The van der Waals surface area contributed by atoms with Crippen molar-refractivity contribution in [2.75, 3.05) is 19.7 Å². The van der Waals surface area contributed by atoms with Gasteiger partial charge in [0.05, 0.1) is 19.3 Å². The summed E-state index contributed by atoms with van der Waals surface area (Å²) in [6.07, 6.45) is 1.44. The van der Waals surface area contributed by atoms with E-state index in [0.29, 0.717) is 25.4 Å². The summed E-state index contributed by atoms with van der Waals surface area (Å²) in [6.45, 7) is 3.03. The second kappa shape index (κ2) is 6.14. The fourth-order valence-corrected chi connectivity index (χ4v) is 3.05. The van der Waals surface area contributed by atoms with Crippen LogP contribution in [0.1, 0.15) is 27.8 Å². The zero-order valence-corrected chi connectivity index (χ0v) is 13.7. The number of H-pyrrole nitrogens is 1. The number of fused-ring (bicyclic) bond motifs is 1. The number of rotatable bonds is 2. The molecule has 8 nitrogen and oxygen atoms in total. The van der Waals surface area contributed by atoms with E-state index >= 15 is 0 Å². The molecule has 0 radical (unpaired) electrons. The van der Waals surface area contributed by atoms with Crippen LogP contribution < -0.4 is 5.56 Å². The van der Waals surface area contributed by atoms with Crippen LogP contribution in [0.25, 0.3) is 5.52 Å². The minimum atomic E-state index is -0.374. The normalized spacial score (nSPS) is 17.8. The van der Waals surface area contributed by atoms with Crippen LogP contribution in [-0.2, 0) is 4.74 Å². The largest absolute Gasteiger partial charge is 0.370 e. The number of benzene rings is 1. The topological polar surface area (TPSA) is 92.6 Å². The smallest absolute Gasteiger partial charge is 0.277 e. The molecule has 3 aromatic rings. The van der Waals surface area contributed by atoms with Gasteiger partial charge in [-0.15, -0.1) is 5.10 Å². The first-order chi connectivity index (χ1) is 12.1. The second-order valence-corrected chi connectivity index (χ2v) is 6.02. The molecule has 8 heteroatoms. The van der Waals surface area contributed by atoms with Crippen molar-refractivity contribution in [2.45, 2.75) is 13.0 Å². The second-order valence-electron chi connectivity index (χ2n) is 6.02. The summed E-state index contributed by atoms with van der Waals surface area (Å²) >= 11 is 0. The summed E-state index contributed by atoms with van der Waals surface area (Å²) in [6, 6.07) is 9.76. The van der Waals surface area contributed by atoms with Crippen molar-refractivity contribution in [3.63, 3.8) is 0 Å². The first-order valence-corrected chi connectivity index (χ1v) is 8.04. The number of hydrogen-bond acceptors (Lipinski definition) is 5. The van der Waals surface area contributed by atoms with Gasteiger partial charge in [-0.2, -0.15) is 0 Å². The zero-order valence-electron chi connectivity index (χ0n) is 13.7. The molecule has 128 valence electrons. The Morgan fingerprint density at radius 2 is 2.12 bits per heavy atom. The SMILES string of the molecule is Cc1cn2nnc(C(=O)N3CCOC(c4ccccc4)C3)c2c(=O)[nH]1. The lowest BCUT2D eigenvalue weighted by Crippen LogP contribution is -2.42. The highest BCUT2D eigenvalue weighted by Gasteiger charge is 2.29. The van der Waals surface area contributed by atoms with Gasteiger partial charge >= 0.3 is 0 Å². The molecule has 0 spiro atoms. The Morgan fingerprint density at radius 3 is 2.92 bits per heavy atom. The Kier molecular flexibility index (Phi) is 3.81. The van der Waals surface area contributed by atoms with E-state index in [1.165, 1.54) is 4.52 Å². The lowest BCUT2D eigenvalue weighted by Gasteiger charge is -2.32. The Labute approximate surface area is 143 Å². The lowest BCUT2D eigenvalue weighted by molar-refractivity contribution is -0.0229. The van der Waals surface area contributed by atoms with Gasteiger partial charge < -0.3 is 14.6 Å². The number of amides is 1. The average Bonchev–Trinajstić information content (AvgIpc) is 3.06. The number of aromatic nitrogens is 4. The predicted molar refractivity (Wildman–Crippen MR) is 89.4 cm³/mol. The predicted octanol–water partition coefficient (Wildman–Crippen LogP) is 0.940. The lowest BCUT2D eigenvalue weighted by atomic mass is 10.1. The van der Waals surface area contributed by atoms with Crippen LogP contribution in [0.3, 0.4) is 0 Å². The minimum Gasteiger partial charge on any atom is -0.370 e. The molecule has 1 aromatic carbocycles. The van der Waals surface area contributed by atoms with Crippen molar-refractivity contribution >= 4 is 11.4 Å². The monoisotopic (exact) mass is 339 g/mol. The van der Waals surface area contributed by atoms with Crippen LogP contribution in [0, 0.1) is 6.92 Å². The molecule has 0 aliphatic carbocycles. The number of carbonyl (C=O) groups excluding carboxylic acids is 1. The van der Waals surface area contributed by atoms with Crippen LogP contribution in [0.5, 0.6) is 0 Å². The standard InChI is InChI=1S/C17H17N5O3/c1-11-9-22-15(16(23)18-11)14(19-20-22)17(24)21-7-8-25-13(10-21)12-5-3-2-4-6-12/h2-6,9,13H,7-8,10H2,1H3,(H,18,23). The Balaban J connectivity index is 1.64. The number of hydrogen-bond donors (Lipinski definition) is 1. The van der Waals surface area contributed by atoms with Crippen molar-refractivity contribution in [1.82, 2.24) is 24.7 Å². The number of carbonyl (C=O) groups is 1. The summed E-state index contributed by atoms with van der Waals surface area (Å²) in [5, 5.41) is 7.83. The molecular weight excluding hydrogens is 322 g/mol. The highest BCUT2D eigenvalue weighted by Crippen LogP contribution is 2.23. The summed E-state index contributed by atoms with van der Waals surface area (Å²) < 4.78 is 7.13. The highest BCUT2D eigenvalue weighted by molar-refractivity contribution is 5.98. The van der Waals surface area contributed by atoms with Gasteiger partial charge in [-0.1, -0.05) is 35.5 Å². The van der Waals surface area contributed by atoms with Crippen molar-refractivity contribution in [1.29, 1.82) is 0 Å².